The third-order valence-electron chi connectivity index (χ3n) is 5.66. The molecule has 9 nitrogen and oxygen atoms in total. The van der Waals surface area contributed by atoms with Crippen molar-refractivity contribution >= 4 is 40.0 Å². The Balaban J connectivity index is 1.27. The molecule has 2 amide bonds. The summed E-state index contributed by atoms with van der Waals surface area (Å²) in [5.41, 5.74) is 6.99. The van der Waals surface area contributed by atoms with Gasteiger partial charge in [-0.1, -0.05) is 44.2 Å². The summed E-state index contributed by atoms with van der Waals surface area (Å²) in [5, 5.41) is 3.41. The molecule has 0 aliphatic rings. The molecular formula is C28H31N5O4S2. The first-order chi connectivity index (χ1) is 18.7. The third kappa shape index (κ3) is 8.66. The van der Waals surface area contributed by atoms with Gasteiger partial charge in [-0.15, -0.1) is 11.8 Å². The molecule has 4 rings (SSSR count). The van der Waals surface area contributed by atoms with Gasteiger partial charge < -0.3 is 20.2 Å². The van der Waals surface area contributed by atoms with E-state index in [1.165, 1.54) is 11.3 Å². The van der Waals surface area contributed by atoms with Crippen molar-refractivity contribution in [1.82, 2.24) is 15.0 Å². The maximum absolute atomic E-state index is 12.6. The molecule has 0 spiro atoms. The highest BCUT2D eigenvalue weighted by Crippen LogP contribution is 2.32. The maximum Gasteiger partial charge on any atom is 0.230 e. The molecule has 11 heteroatoms. The van der Waals surface area contributed by atoms with Crippen molar-refractivity contribution in [3.63, 3.8) is 0 Å². The number of carbonyl (C=O) groups excluding carboxylic acids is 2. The minimum atomic E-state index is -0.380. The van der Waals surface area contributed by atoms with Crippen LogP contribution in [0.25, 0.3) is 0 Å². The van der Waals surface area contributed by atoms with Crippen LogP contribution in [0.2, 0.25) is 0 Å². The van der Waals surface area contributed by atoms with Crippen molar-refractivity contribution in [1.29, 1.82) is 0 Å². The lowest BCUT2D eigenvalue weighted by Gasteiger charge is -2.19. The molecule has 0 aliphatic carbocycles. The number of pyridine rings is 1. The minimum Gasteiger partial charge on any atom is -0.486 e. The average Bonchev–Trinajstić information content (AvgIpc) is 3.56. The summed E-state index contributed by atoms with van der Waals surface area (Å²) in [6.07, 6.45) is 7.40. The molecule has 0 radical (unpaired) electrons. The van der Waals surface area contributed by atoms with E-state index in [1.807, 2.05) is 36.4 Å². The van der Waals surface area contributed by atoms with Crippen LogP contribution >= 0.6 is 23.1 Å². The van der Waals surface area contributed by atoms with E-state index in [4.69, 9.17) is 14.9 Å². The second-order valence-corrected chi connectivity index (χ2v) is 12.2. The topological polar surface area (TPSA) is 133 Å². The van der Waals surface area contributed by atoms with Crippen molar-refractivity contribution in [3.8, 4) is 5.75 Å². The monoisotopic (exact) mass is 565 g/mol. The van der Waals surface area contributed by atoms with Crippen LogP contribution in [-0.2, 0) is 27.2 Å². The number of amides is 2. The second-order valence-electron chi connectivity index (χ2n) is 9.90. The molecule has 3 heterocycles. The standard InChI is InChI=1S/C28H31N5O4S2/c1-28(2,3)22-15-31-25(37-22)17-38-26-16-32-27(39-26)33-24(35)14-18-4-6-20(7-5-18)36-21(8-9-23(29)34)19-10-12-30-13-11-19/h4-7,10-13,15-16,21H,8-9,14,17H2,1-3H3,(H2,29,34)(H,32,33,35). The molecule has 4 aromatic rings. The van der Waals surface area contributed by atoms with Gasteiger partial charge in [0.05, 0.1) is 28.8 Å². The number of rotatable bonds is 12. The summed E-state index contributed by atoms with van der Waals surface area (Å²) in [4.78, 5) is 36.6. The Bertz CT molecular complexity index is 1380. The quantitative estimate of drug-likeness (QED) is 0.210. The van der Waals surface area contributed by atoms with E-state index in [0.29, 0.717) is 28.9 Å². The van der Waals surface area contributed by atoms with Crippen LogP contribution in [0.1, 0.15) is 62.5 Å². The van der Waals surface area contributed by atoms with Crippen LogP contribution in [0.3, 0.4) is 0 Å². The summed E-state index contributed by atoms with van der Waals surface area (Å²) >= 11 is 2.97. The van der Waals surface area contributed by atoms with Crippen molar-refractivity contribution in [3.05, 3.63) is 84.0 Å². The number of benzene rings is 1. The fraction of sp³-hybridized carbons (Fsp3) is 0.321. The van der Waals surface area contributed by atoms with Gasteiger partial charge in [-0.3, -0.25) is 14.6 Å². The number of hydrogen-bond donors (Lipinski definition) is 2. The maximum atomic E-state index is 12.6. The van der Waals surface area contributed by atoms with Gasteiger partial charge in [-0.2, -0.15) is 0 Å². The first kappa shape index (κ1) is 28.3. The Morgan fingerprint density at radius 2 is 1.85 bits per heavy atom. The average molecular weight is 566 g/mol. The highest BCUT2D eigenvalue weighted by atomic mass is 32.2. The van der Waals surface area contributed by atoms with E-state index in [0.717, 1.165) is 21.1 Å². The number of carbonyl (C=O) groups is 2. The van der Waals surface area contributed by atoms with Crippen LogP contribution in [0.4, 0.5) is 5.13 Å². The smallest absolute Gasteiger partial charge is 0.230 e. The fourth-order valence-corrected chi connectivity index (χ4v) is 5.33. The number of thiazole rings is 1. The van der Waals surface area contributed by atoms with Crippen LogP contribution in [-0.4, -0.2) is 26.8 Å². The number of primary amides is 1. The van der Waals surface area contributed by atoms with E-state index in [-0.39, 0.29) is 36.2 Å². The van der Waals surface area contributed by atoms with Gasteiger partial charge in [0.15, 0.2) is 5.13 Å². The molecule has 1 aromatic carbocycles. The molecular weight excluding hydrogens is 534 g/mol. The van der Waals surface area contributed by atoms with Crippen LogP contribution < -0.4 is 15.8 Å². The van der Waals surface area contributed by atoms with Gasteiger partial charge in [0.25, 0.3) is 0 Å². The fourth-order valence-electron chi connectivity index (χ4n) is 3.58. The van der Waals surface area contributed by atoms with Crippen molar-refractivity contribution in [2.24, 2.45) is 5.73 Å². The Morgan fingerprint density at radius 1 is 1.10 bits per heavy atom. The first-order valence-corrected chi connectivity index (χ1v) is 14.2. The second kappa shape index (κ2) is 12.9. The molecule has 0 fully saturated rings. The Hall–Kier alpha value is -3.70. The zero-order valence-electron chi connectivity index (χ0n) is 22.0. The Morgan fingerprint density at radius 3 is 2.51 bits per heavy atom. The van der Waals surface area contributed by atoms with Crippen molar-refractivity contribution < 1.29 is 18.7 Å². The van der Waals surface area contributed by atoms with E-state index in [9.17, 15) is 9.59 Å². The van der Waals surface area contributed by atoms with Gasteiger partial charge in [-0.05, 0) is 41.8 Å². The van der Waals surface area contributed by atoms with E-state index >= 15 is 0 Å². The molecule has 204 valence electrons. The largest absolute Gasteiger partial charge is 0.486 e. The molecule has 39 heavy (non-hydrogen) atoms. The minimum absolute atomic E-state index is 0.0835. The van der Waals surface area contributed by atoms with Gasteiger partial charge >= 0.3 is 0 Å². The molecule has 1 atom stereocenters. The van der Waals surface area contributed by atoms with Crippen LogP contribution in [0, 0.1) is 0 Å². The predicted molar refractivity (Wildman–Crippen MR) is 152 cm³/mol. The zero-order valence-corrected chi connectivity index (χ0v) is 23.7. The lowest BCUT2D eigenvalue weighted by molar-refractivity contribution is -0.118. The van der Waals surface area contributed by atoms with Gasteiger partial charge in [-0.25, -0.2) is 9.97 Å². The number of nitrogens with two attached hydrogens (primary N) is 1. The van der Waals surface area contributed by atoms with Crippen LogP contribution in [0.15, 0.2) is 69.8 Å². The van der Waals surface area contributed by atoms with E-state index in [2.05, 4.69) is 41.0 Å². The van der Waals surface area contributed by atoms with Crippen LogP contribution in [0.5, 0.6) is 5.75 Å². The zero-order chi connectivity index (χ0) is 27.8. The van der Waals surface area contributed by atoms with E-state index in [1.54, 1.807) is 36.5 Å². The lowest BCUT2D eigenvalue weighted by atomic mass is 9.94. The van der Waals surface area contributed by atoms with E-state index < -0.39 is 0 Å². The van der Waals surface area contributed by atoms with Gasteiger partial charge in [0.2, 0.25) is 17.7 Å². The summed E-state index contributed by atoms with van der Waals surface area (Å²) in [7, 11) is 0. The predicted octanol–water partition coefficient (Wildman–Crippen LogP) is 5.68. The number of hydrogen-bond acceptors (Lipinski definition) is 9. The normalized spacial score (nSPS) is 12.2. The molecule has 0 bridgehead atoms. The molecule has 1 unspecified atom stereocenters. The summed E-state index contributed by atoms with van der Waals surface area (Å²) in [6.45, 7) is 6.25. The summed E-state index contributed by atoms with van der Waals surface area (Å²) < 4.78 is 12.9. The number of nitrogens with one attached hydrogen (secondary N) is 1. The lowest BCUT2D eigenvalue weighted by Crippen LogP contribution is -2.15. The SMILES string of the molecule is CC(C)(C)c1cnc(CSc2cnc(NC(=O)Cc3ccc(OC(CCC(N)=O)c4ccncc4)cc3)s2)o1. The highest BCUT2D eigenvalue weighted by molar-refractivity contribution is 8.00. The molecule has 3 N–H and O–H groups in total. The molecule has 0 saturated carbocycles. The third-order valence-corrected chi connectivity index (χ3v) is 7.75. The van der Waals surface area contributed by atoms with Crippen molar-refractivity contribution in [2.45, 2.75) is 61.5 Å². The number of nitrogens with zero attached hydrogens (tertiary/aromatic N) is 3. The Kier molecular flexibility index (Phi) is 9.36. The Labute approximate surface area is 235 Å². The molecule has 0 saturated heterocycles. The first-order valence-electron chi connectivity index (χ1n) is 12.4. The summed E-state index contributed by atoms with van der Waals surface area (Å²) in [6, 6.07) is 11.0. The highest BCUT2D eigenvalue weighted by Gasteiger charge is 2.19. The summed E-state index contributed by atoms with van der Waals surface area (Å²) in [5.74, 6) is 2.20. The number of ether oxygens (including phenoxy) is 1. The number of anilines is 1. The number of thioether (sulfide) groups is 1. The molecule has 0 aliphatic heterocycles. The number of aromatic nitrogens is 3. The number of oxazole rings is 1. The van der Waals surface area contributed by atoms with Gasteiger partial charge in [0.1, 0.15) is 17.6 Å². The van der Waals surface area contributed by atoms with Crippen molar-refractivity contribution in [2.75, 3.05) is 5.32 Å². The molecule has 3 aromatic heterocycles. The van der Waals surface area contributed by atoms with Gasteiger partial charge in [0, 0.05) is 24.2 Å².